The molecule has 8 nitrogen and oxygen atoms in total. The molecule has 1 aliphatic heterocycles. The number of anilines is 3. The molecule has 0 bridgehead atoms. The Balaban J connectivity index is 1.63. The minimum Gasteiger partial charge on any atom is -0.374 e. The van der Waals surface area contributed by atoms with Crippen LogP contribution in [0.25, 0.3) is 0 Å². The van der Waals surface area contributed by atoms with Crippen molar-refractivity contribution in [3.05, 3.63) is 16.3 Å². The first kappa shape index (κ1) is 15.5. The maximum Gasteiger partial charge on any atom is 0.225 e. The molecule has 1 atom stereocenters. The summed E-state index contributed by atoms with van der Waals surface area (Å²) in [6.07, 6.45) is 4.24. The van der Waals surface area contributed by atoms with Crippen LogP contribution in [0.4, 0.5) is 16.9 Å². The molecule has 24 heavy (non-hydrogen) atoms. The maximum atomic E-state index is 5.70. The Morgan fingerprint density at radius 1 is 1.21 bits per heavy atom. The molecule has 0 radical (unpaired) electrons. The normalized spacial score (nSPS) is 18.5. The van der Waals surface area contributed by atoms with E-state index in [1.807, 2.05) is 0 Å². The number of nitrogens with zero attached hydrogens (tertiary/aromatic N) is 4. The zero-order valence-corrected chi connectivity index (χ0v) is 14.5. The van der Waals surface area contributed by atoms with Crippen LogP contribution in [0.5, 0.6) is 0 Å². The van der Waals surface area contributed by atoms with Crippen LogP contribution in [0.15, 0.2) is 0 Å². The lowest BCUT2D eigenvalue weighted by molar-refractivity contribution is 0.708. The lowest BCUT2D eigenvalue weighted by Crippen LogP contribution is -2.16. The second-order valence-corrected chi connectivity index (χ2v) is 7.37. The molecule has 0 spiro atoms. The van der Waals surface area contributed by atoms with Gasteiger partial charge in [-0.15, -0.1) is 10.2 Å². The predicted molar refractivity (Wildman–Crippen MR) is 95.3 cm³/mol. The number of hydrogen-bond donors (Lipinski definition) is 4. The second kappa shape index (κ2) is 6.48. The number of hydrogen-bond acceptors (Lipinski definition) is 9. The van der Waals surface area contributed by atoms with Crippen molar-refractivity contribution in [2.45, 2.75) is 44.7 Å². The van der Waals surface area contributed by atoms with Crippen LogP contribution in [0.2, 0.25) is 0 Å². The fourth-order valence-electron chi connectivity index (χ4n) is 2.83. The molecule has 1 fully saturated rings. The highest BCUT2D eigenvalue weighted by Crippen LogP contribution is 2.29. The van der Waals surface area contributed by atoms with Crippen molar-refractivity contribution >= 4 is 28.2 Å². The summed E-state index contributed by atoms with van der Waals surface area (Å²) in [5, 5.41) is 19.7. The molecule has 128 valence electrons. The lowest BCUT2D eigenvalue weighted by Gasteiger charge is -2.18. The van der Waals surface area contributed by atoms with Crippen LogP contribution < -0.4 is 21.7 Å². The largest absolute Gasteiger partial charge is 0.374 e. The molecule has 0 saturated heterocycles. The van der Waals surface area contributed by atoms with E-state index >= 15 is 0 Å². The summed E-state index contributed by atoms with van der Waals surface area (Å²) < 4.78 is 0. The Bertz CT molecular complexity index is 726. The highest BCUT2D eigenvalue weighted by atomic mass is 32.1. The average molecular weight is 346 g/mol. The van der Waals surface area contributed by atoms with Crippen molar-refractivity contribution in [3.63, 3.8) is 0 Å². The number of aromatic nitrogens is 4. The monoisotopic (exact) mass is 346 g/mol. The lowest BCUT2D eigenvalue weighted by atomic mass is 10.1. The topological polar surface area (TPSA) is 114 Å². The van der Waals surface area contributed by atoms with E-state index in [1.54, 1.807) is 0 Å². The van der Waals surface area contributed by atoms with Gasteiger partial charge >= 0.3 is 0 Å². The van der Waals surface area contributed by atoms with Crippen LogP contribution in [-0.2, 0) is 12.8 Å². The Labute approximate surface area is 144 Å². The number of fused-ring (bicyclic) bond motifs is 1. The standard InChI is InChI=1S/C15H22N8S/c1-8(13-22-23-14(16)24-13)18-12-10-4-6-17-7-5-11(10)20-15(21-12)19-9-2-3-9/h8-9,17H,2-7H2,1H3,(H2,16,23)(H2,18,19,20,21)/t8-/m1/s1. The molecule has 3 heterocycles. The van der Waals surface area contributed by atoms with E-state index < -0.39 is 0 Å². The van der Waals surface area contributed by atoms with Gasteiger partial charge in [-0.25, -0.2) is 4.98 Å². The van der Waals surface area contributed by atoms with Crippen molar-refractivity contribution in [1.82, 2.24) is 25.5 Å². The molecule has 0 amide bonds. The molecule has 5 N–H and O–H groups in total. The SMILES string of the molecule is C[C@@H](Nc1nc(NC2CC2)nc2c1CCNCC2)c1nnc(N)s1. The summed E-state index contributed by atoms with van der Waals surface area (Å²) in [5.74, 6) is 1.62. The van der Waals surface area contributed by atoms with Crippen LogP contribution >= 0.6 is 11.3 Å². The Kier molecular flexibility index (Phi) is 4.19. The van der Waals surface area contributed by atoms with Crippen molar-refractivity contribution in [3.8, 4) is 0 Å². The van der Waals surface area contributed by atoms with Crippen LogP contribution in [0.3, 0.4) is 0 Å². The summed E-state index contributed by atoms with van der Waals surface area (Å²) in [6, 6.07) is 0.531. The molecule has 1 saturated carbocycles. The van der Waals surface area contributed by atoms with Gasteiger partial charge in [0.05, 0.1) is 11.7 Å². The summed E-state index contributed by atoms with van der Waals surface area (Å²) in [7, 11) is 0. The molecule has 0 unspecified atom stereocenters. The van der Waals surface area contributed by atoms with Crippen LogP contribution in [-0.4, -0.2) is 39.3 Å². The maximum absolute atomic E-state index is 5.70. The summed E-state index contributed by atoms with van der Waals surface area (Å²) in [6.45, 7) is 3.95. The van der Waals surface area contributed by atoms with E-state index in [1.165, 1.54) is 29.7 Å². The van der Waals surface area contributed by atoms with Gasteiger partial charge in [-0.05, 0) is 32.7 Å². The van der Waals surface area contributed by atoms with Gasteiger partial charge < -0.3 is 21.7 Å². The number of nitrogen functional groups attached to an aromatic ring is 1. The van der Waals surface area contributed by atoms with Gasteiger partial charge in [0.25, 0.3) is 0 Å². The number of rotatable bonds is 5. The molecule has 4 rings (SSSR count). The van der Waals surface area contributed by atoms with Crippen LogP contribution in [0.1, 0.15) is 42.1 Å². The Hall–Kier alpha value is -2.00. The molecule has 2 aromatic heterocycles. The first-order valence-corrected chi connectivity index (χ1v) is 9.23. The van der Waals surface area contributed by atoms with E-state index in [0.29, 0.717) is 11.2 Å². The third-order valence-electron chi connectivity index (χ3n) is 4.27. The van der Waals surface area contributed by atoms with E-state index in [9.17, 15) is 0 Å². The van der Waals surface area contributed by atoms with E-state index in [2.05, 4.69) is 33.1 Å². The minimum absolute atomic E-state index is 0.00351. The van der Waals surface area contributed by atoms with Gasteiger partial charge in [-0.2, -0.15) is 4.98 Å². The molecule has 2 aliphatic rings. The highest BCUT2D eigenvalue weighted by molar-refractivity contribution is 7.15. The fraction of sp³-hybridized carbons (Fsp3) is 0.600. The number of nitrogens with two attached hydrogens (primary N) is 1. The van der Waals surface area contributed by atoms with Gasteiger partial charge in [0.1, 0.15) is 10.8 Å². The molecule has 9 heteroatoms. The van der Waals surface area contributed by atoms with Crippen molar-refractivity contribution < 1.29 is 0 Å². The molecule has 1 aliphatic carbocycles. The zero-order chi connectivity index (χ0) is 16.5. The van der Waals surface area contributed by atoms with Gasteiger partial charge in [0.15, 0.2) is 0 Å². The van der Waals surface area contributed by atoms with Crippen LogP contribution in [0, 0.1) is 0 Å². The number of nitrogens with one attached hydrogen (secondary N) is 3. The van der Waals surface area contributed by atoms with Gasteiger partial charge in [-0.3, -0.25) is 0 Å². The smallest absolute Gasteiger partial charge is 0.225 e. The zero-order valence-electron chi connectivity index (χ0n) is 13.7. The predicted octanol–water partition coefficient (Wildman–Crippen LogP) is 1.35. The minimum atomic E-state index is 0.00351. The first-order valence-electron chi connectivity index (χ1n) is 8.41. The molecular weight excluding hydrogens is 324 g/mol. The molecular formula is C15H22N8S. The third kappa shape index (κ3) is 3.41. The summed E-state index contributed by atoms with van der Waals surface area (Å²) in [5.41, 5.74) is 8.03. The fourth-order valence-corrected chi connectivity index (χ4v) is 3.44. The van der Waals surface area contributed by atoms with Gasteiger partial charge in [0, 0.05) is 24.6 Å². The third-order valence-corrected chi connectivity index (χ3v) is 5.21. The molecule has 0 aromatic carbocycles. The van der Waals surface area contributed by atoms with Crippen molar-refractivity contribution in [1.29, 1.82) is 0 Å². The first-order chi connectivity index (χ1) is 11.7. The summed E-state index contributed by atoms with van der Waals surface area (Å²) in [4.78, 5) is 9.49. The second-order valence-electron chi connectivity index (χ2n) is 6.33. The van der Waals surface area contributed by atoms with E-state index in [0.717, 1.165) is 48.4 Å². The highest BCUT2D eigenvalue weighted by Gasteiger charge is 2.24. The Morgan fingerprint density at radius 3 is 2.79 bits per heavy atom. The van der Waals surface area contributed by atoms with E-state index in [-0.39, 0.29) is 6.04 Å². The van der Waals surface area contributed by atoms with Gasteiger partial charge in [0.2, 0.25) is 11.1 Å². The quantitative estimate of drug-likeness (QED) is 0.641. The molecule has 2 aromatic rings. The summed E-state index contributed by atoms with van der Waals surface area (Å²) >= 11 is 1.40. The van der Waals surface area contributed by atoms with Crippen molar-refractivity contribution in [2.75, 3.05) is 29.5 Å². The Morgan fingerprint density at radius 2 is 2.04 bits per heavy atom. The average Bonchev–Trinajstić information content (AvgIpc) is 3.31. The van der Waals surface area contributed by atoms with E-state index in [4.69, 9.17) is 15.7 Å². The van der Waals surface area contributed by atoms with Crippen molar-refractivity contribution in [2.24, 2.45) is 0 Å². The van der Waals surface area contributed by atoms with Gasteiger partial charge in [-0.1, -0.05) is 11.3 Å².